The van der Waals surface area contributed by atoms with Crippen LogP contribution >= 0.6 is 0 Å². The molecule has 1 aromatic heterocycles. The normalized spacial score (nSPS) is 8.12. The van der Waals surface area contributed by atoms with E-state index in [0.717, 1.165) is 0 Å². The minimum absolute atomic E-state index is 0.205. The van der Waals surface area contributed by atoms with Crippen LogP contribution in [-0.4, -0.2) is 9.97 Å². The molecule has 0 spiro atoms. The van der Waals surface area contributed by atoms with Gasteiger partial charge in [0.1, 0.15) is 5.69 Å². The number of H-pyrrole nitrogens is 1. The van der Waals surface area contributed by atoms with Gasteiger partial charge in [-0.2, -0.15) is 4.98 Å². The summed E-state index contributed by atoms with van der Waals surface area (Å²) < 4.78 is 0. The van der Waals surface area contributed by atoms with Crippen molar-refractivity contribution in [2.75, 3.05) is 0 Å². The molecule has 0 unspecified atom stereocenters. The molecule has 0 radical (unpaired) electrons. The summed E-state index contributed by atoms with van der Waals surface area (Å²) in [6, 6.07) is 0. The Bertz CT molecular complexity index is 228. The average molecular weight is 108 g/mol. The molecule has 3 heteroatoms. The molecule has 8 heavy (non-hydrogen) atoms. The zero-order valence-electron chi connectivity index (χ0n) is 4.36. The van der Waals surface area contributed by atoms with E-state index in [-0.39, 0.29) is 5.56 Å². The van der Waals surface area contributed by atoms with Crippen molar-refractivity contribution in [3.05, 3.63) is 28.4 Å². The standard InChI is InChI=1S/C5H4N2O/c1-4-5(8)7-3-2-6-4/h1H3,(H,7,8). The SMILES string of the molecule is Cc1nc#c[nH]c1=O. The van der Waals surface area contributed by atoms with E-state index in [2.05, 4.69) is 22.4 Å². The number of aromatic amines is 1. The van der Waals surface area contributed by atoms with E-state index in [1.807, 2.05) is 0 Å². The molecule has 0 saturated carbocycles. The fourth-order valence-electron chi connectivity index (χ4n) is 0.338. The predicted molar refractivity (Wildman–Crippen MR) is 27.3 cm³/mol. The summed E-state index contributed by atoms with van der Waals surface area (Å²) in [7, 11) is 0. The van der Waals surface area contributed by atoms with Gasteiger partial charge in [0.25, 0.3) is 5.56 Å². The van der Waals surface area contributed by atoms with Gasteiger partial charge in [0.05, 0.1) is 6.20 Å². The van der Waals surface area contributed by atoms with Crippen molar-refractivity contribution in [1.29, 1.82) is 0 Å². The molecular formula is C5H4N2O. The molecule has 0 saturated heterocycles. The van der Waals surface area contributed by atoms with Crippen LogP contribution < -0.4 is 5.56 Å². The minimum Gasteiger partial charge on any atom is -0.278 e. The summed E-state index contributed by atoms with van der Waals surface area (Å²) in [6.45, 7) is 1.61. The smallest absolute Gasteiger partial charge is 0.277 e. The van der Waals surface area contributed by atoms with E-state index >= 15 is 0 Å². The third kappa shape index (κ3) is 0.684. The molecule has 0 aliphatic heterocycles. The van der Waals surface area contributed by atoms with Crippen LogP contribution in [0, 0.1) is 19.3 Å². The summed E-state index contributed by atoms with van der Waals surface area (Å²) in [4.78, 5) is 16.3. The van der Waals surface area contributed by atoms with Crippen LogP contribution in [0.3, 0.4) is 0 Å². The van der Waals surface area contributed by atoms with Gasteiger partial charge in [-0.1, -0.05) is 0 Å². The van der Waals surface area contributed by atoms with E-state index in [1.54, 1.807) is 6.92 Å². The average Bonchev–Trinajstić information content (AvgIpc) is 1.77. The van der Waals surface area contributed by atoms with Crippen molar-refractivity contribution in [2.24, 2.45) is 0 Å². The Kier molecular flexibility index (Phi) is 1.01. The second-order valence-electron chi connectivity index (χ2n) is 1.39. The highest BCUT2D eigenvalue weighted by atomic mass is 16.1. The third-order valence-electron chi connectivity index (χ3n) is 0.784. The minimum atomic E-state index is -0.205. The lowest BCUT2D eigenvalue weighted by atomic mass is 10.5. The summed E-state index contributed by atoms with van der Waals surface area (Å²) in [5.74, 6) is 0. The van der Waals surface area contributed by atoms with Crippen molar-refractivity contribution in [3.63, 3.8) is 0 Å². The molecule has 1 heterocycles. The van der Waals surface area contributed by atoms with E-state index in [0.29, 0.717) is 5.69 Å². The summed E-state index contributed by atoms with van der Waals surface area (Å²) in [6.07, 6.45) is 4.70. The maximum Gasteiger partial charge on any atom is 0.277 e. The van der Waals surface area contributed by atoms with Crippen molar-refractivity contribution in [1.82, 2.24) is 9.97 Å². The lowest BCUT2D eigenvalue weighted by molar-refractivity contribution is 1.08. The zero-order valence-corrected chi connectivity index (χ0v) is 4.36. The van der Waals surface area contributed by atoms with Crippen molar-refractivity contribution in [2.45, 2.75) is 6.92 Å². The number of nitrogens with one attached hydrogen (secondary N) is 1. The number of aromatic nitrogens is 2. The van der Waals surface area contributed by atoms with E-state index in [1.165, 1.54) is 0 Å². The molecule has 40 valence electrons. The maximum absolute atomic E-state index is 10.4. The molecule has 1 rings (SSSR count). The number of hydrogen-bond donors (Lipinski definition) is 1. The van der Waals surface area contributed by atoms with Crippen LogP contribution in [0.1, 0.15) is 5.69 Å². The highest BCUT2D eigenvalue weighted by molar-refractivity contribution is 4.86. The first-order chi connectivity index (χ1) is 3.80. The van der Waals surface area contributed by atoms with E-state index < -0.39 is 0 Å². The Morgan fingerprint density at radius 2 is 2.50 bits per heavy atom. The molecule has 1 N–H and O–H groups in total. The molecule has 0 aromatic carbocycles. The van der Waals surface area contributed by atoms with Gasteiger partial charge in [0, 0.05) is 6.20 Å². The summed E-state index contributed by atoms with van der Waals surface area (Å²) in [5, 5.41) is 0. The van der Waals surface area contributed by atoms with Gasteiger partial charge in [-0.3, -0.25) is 9.78 Å². The van der Waals surface area contributed by atoms with Gasteiger partial charge in [-0.15, -0.1) is 0 Å². The lowest BCUT2D eigenvalue weighted by Crippen LogP contribution is -2.07. The largest absolute Gasteiger partial charge is 0.278 e. The maximum atomic E-state index is 10.4. The van der Waals surface area contributed by atoms with Gasteiger partial charge in [0.2, 0.25) is 0 Å². The van der Waals surface area contributed by atoms with E-state index in [9.17, 15) is 4.79 Å². The van der Waals surface area contributed by atoms with Gasteiger partial charge >= 0.3 is 0 Å². The molecule has 0 aliphatic rings. The van der Waals surface area contributed by atoms with Crippen LogP contribution in [0.2, 0.25) is 0 Å². The Morgan fingerprint density at radius 3 is 2.88 bits per heavy atom. The molecule has 0 atom stereocenters. The first-order valence-corrected chi connectivity index (χ1v) is 2.15. The highest BCUT2D eigenvalue weighted by Crippen LogP contribution is 1.67. The fraction of sp³-hybridized carbons (Fsp3) is 0.200. The molecule has 3 nitrogen and oxygen atoms in total. The van der Waals surface area contributed by atoms with Crippen molar-refractivity contribution >= 4 is 0 Å². The number of nitrogens with zero attached hydrogens (tertiary/aromatic N) is 1. The van der Waals surface area contributed by atoms with Crippen LogP contribution in [0.4, 0.5) is 0 Å². The number of hydrogen-bond acceptors (Lipinski definition) is 2. The summed E-state index contributed by atoms with van der Waals surface area (Å²) >= 11 is 0. The van der Waals surface area contributed by atoms with E-state index in [4.69, 9.17) is 0 Å². The van der Waals surface area contributed by atoms with Gasteiger partial charge < -0.3 is 0 Å². The molecule has 0 bridgehead atoms. The molecule has 0 fully saturated rings. The fourth-order valence-corrected chi connectivity index (χ4v) is 0.338. The Morgan fingerprint density at radius 1 is 1.75 bits per heavy atom. The van der Waals surface area contributed by atoms with Crippen LogP contribution in [0.15, 0.2) is 4.79 Å². The van der Waals surface area contributed by atoms with Crippen LogP contribution in [0.25, 0.3) is 0 Å². The van der Waals surface area contributed by atoms with Crippen LogP contribution in [0.5, 0.6) is 0 Å². The molecule has 1 aromatic rings. The van der Waals surface area contributed by atoms with Crippen molar-refractivity contribution < 1.29 is 0 Å². The predicted octanol–water partition coefficient (Wildman–Crippen LogP) is -0.321. The van der Waals surface area contributed by atoms with Crippen molar-refractivity contribution in [3.8, 4) is 0 Å². The quantitative estimate of drug-likeness (QED) is 0.495. The first-order valence-electron chi connectivity index (χ1n) is 2.15. The molecule has 0 amide bonds. The first kappa shape index (κ1) is 4.85. The third-order valence-corrected chi connectivity index (χ3v) is 0.784. The summed E-state index contributed by atoms with van der Waals surface area (Å²) in [5.41, 5.74) is 0.215. The van der Waals surface area contributed by atoms with Gasteiger partial charge in [-0.25, -0.2) is 0 Å². The lowest BCUT2D eigenvalue weighted by Gasteiger charge is -1.76. The van der Waals surface area contributed by atoms with Gasteiger partial charge in [-0.05, 0) is 6.92 Å². The van der Waals surface area contributed by atoms with Gasteiger partial charge in [0.15, 0.2) is 0 Å². The molecule has 0 aliphatic carbocycles. The number of rotatable bonds is 0. The topological polar surface area (TPSA) is 45.8 Å². The highest BCUT2D eigenvalue weighted by Gasteiger charge is 1.84. The number of aryl methyl sites for hydroxylation is 1. The van der Waals surface area contributed by atoms with Crippen LogP contribution in [-0.2, 0) is 0 Å². The zero-order chi connectivity index (χ0) is 5.98. The Labute approximate surface area is 46.4 Å². The second kappa shape index (κ2) is 1.66. The Hall–Kier alpha value is -1.30. The monoisotopic (exact) mass is 108 g/mol. The molecular weight excluding hydrogens is 104 g/mol. The Balaban J connectivity index is 3.35. The second-order valence-corrected chi connectivity index (χ2v) is 1.39.